The van der Waals surface area contributed by atoms with Gasteiger partial charge in [-0.05, 0) is 12.8 Å². The molecule has 0 aromatic rings. The molecular weight excluding hydrogens is 280 g/mol. The first kappa shape index (κ1) is 18.9. The van der Waals surface area contributed by atoms with Gasteiger partial charge in [-0.2, -0.15) is 0 Å². The van der Waals surface area contributed by atoms with Crippen molar-refractivity contribution in [2.45, 2.75) is 89.6 Å². The van der Waals surface area contributed by atoms with E-state index in [1.165, 1.54) is 44.9 Å². The molecule has 5 nitrogen and oxygen atoms in total. The normalized spacial score (nSPS) is 21.0. The SMILES string of the molecule is CCCCCCCCCCCC(=O)N[C@@H]1CN[C@H](C(=O)O)C1. The molecule has 0 unspecified atom stereocenters. The van der Waals surface area contributed by atoms with Crippen LogP contribution in [0.5, 0.6) is 0 Å². The Hall–Kier alpha value is -1.10. The molecule has 0 saturated carbocycles. The third-order valence-electron chi connectivity index (χ3n) is 4.30. The number of nitrogens with one attached hydrogen (secondary N) is 2. The second-order valence-corrected chi connectivity index (χ2v) is 6.38. The van der Waals surface area contributed by atoms with Gasteiger partial charge in [0, 0.05) is 19.0 Å². The second kappa shape index (κ2) is 11.5. The Kier molecular flexibility index (Phi) is 9.87. The molecule has 0 bridgehead atoms. The Bertz CT molecular complexity index is 334. The molecule has 1 aliphatic rings. The molecule has 5 heteroatoms. The standard InChI is InChI=1S/C17H32N2O3/c1-2-3-4-5-6-7-8-9-10-11-16(20)19-14-12-15(17(21)22)18-13-14/h14-15,18H,2-13H2,1H3,(H,19,20)(H,21,22)/t14-,15-/m0/s1. The molecule has 3 N–H and O–H groups in total. The number of rotatable bonds is 12. The molecule has 1 fully saturated rings. The van der Waals surface area contributed by atoms with Crippen molar-refractivity contribution in [2.75, 3.05) is 6.54 Å². The van der Waals surface area contributed by atoms with Crippen molar-refractivity contribution in [1.29, 1.82) is 0 Å². The van der Waals surface area contributed by atoms with E-state index in [1.54, 1.807) is 0 Å². The first-order valence-corrected chi connectivity index (χ1v) is 8.89. The number of hydrogen-bond donors (Lipinski definition) is 3. The molecule has 0 aromatic carbocycles. The zero-order valence-electron chi connectivity index (χ0n) is 13.9. The highest BCUT2D eigenvalue weighted by Crippen LogP contribution is 2.11. The third kappa shape index (κ3) is 8.37. The van der Waals surface area contributed by atoms with E-state index in [2.05, 4.69) is 17.6 Å². The summed E-state index contributed by atoms with van der Waals surface area (Å²) in [7, 11) is 0. The van der Waals surface area contributed by atoms with Crippen LogP contribution in [0.25, 0.3) is 0 Å². The molecule has 1 rings (SSSR count). The van der Waals surface area contributed by atoms with Gasteiger partial charge >= 0.3 is 5.97 Å². The van der Waals surface area contributed by atoms with E-state index in [9.17, 15) is 9.59 Å². The molecule has 1 heterocycles. The third-order valence-corrected chi connectivity index (χ3v) is 4.30. The topological polar surface area (TPSA) is 78.4 Å². The average Bonchev–Trinajstić information content (AvgIpc) is 2.94. The summed E-state index contributed by atoms with van der Waals surface area (Å²) in [4.78, 5) is 22.6. The minimum absolute atomic E-state index is 0.0350. The van der Waals surface area contributed by atoms with Gasteiger partial charge in [0.15, 0.2) is 0 Å². The number of amides is 1. The molecule has 1 amide bonds. The summed E-state index contributed by atoms with van der Waals surface area (Å²) in [6, 6.07) is -0.551. The van der Waals surface area contributed by atoms with Gasteiger partial charge in [-0.15, -0.1) is 0 Å². The lowest BCUT2D eigenvalue weighted by molar-refractivity contribution is -0.139. The molecule has 1 saturated heterocycles. The van der Waals surface area contributed by atoms with Crippen LogP contribution in [0, 0.1) is 0 Å². The number of carboxylic acids is 1. The Morgan fingerprint density at radius 1 is 1.05 bits per heavy atom. The molecule has 1 aliphatic heterocycles. The number of hydrogen-bond acceptors (Lipinski definition) is 3. The van der Waals surface area contributed by atoms with Crippen molar-refractivity contribution in [3.8, 4) is 0 Å². The van der Waals surface area contributed by atoms with Gasteiger partial charge < -0.3 is 15.7 Å². The second-order valence-electron chi connectivity index (χ2n) is 6.38. The fourth-order valence-corrected chi connectivity index (χ4v) is 2.93. The van der Waals surface area contributed by atoms with E-state index >= 15 is 0 Å². The summed E-state index contributed by atoms with van der Waals surface area (Å²) in [6.45, 7) is 2.79. The van der Waals surface area contributed by atoms with Crippen LogP contribution in [0.4, 0.5) is 0 Å². The predicted octanol–water partition coefficient (Wildman–Crippen LogP) is 2.84. The molecule has 0 aromatic heterocycles. The van der Waals surface area contributed by atoms with E-state index in [0.29, 0.717) is 19.4 Å². The summed E-state index contributed by atoms with van der Waals surface area (Å²) in [5, 5.41) is 14.7. The molecular formula is C17H32N2O3. The fourth-order valence-electron chi connectivity index (χ4n) is 2.93. The van der Waals surface area contributed by atoms with Crippen LogP contribution in [-0.4, -0.2) is 35.6 Å². The van der Waals surface area contributed by atoms with Crippen LogP contribution in [-0.2, 0) is 9.59 Å². The molecule has 0 radical (unpaired) electrons. The number of carboxylic acid groups (broad SMARTS) is 1. The predicted molar refractivity (Wildman–Crippen MR) is 87.8 cm³/mol. The number of unbranched alkanes of at least 4 members (excludes halogenated alkanes) is 8. The van der Waals surface area contributed by atoms with E-state index in [4.69, 9.17) is 5.11 Å². The van der Waals surface area contributed by atoms with E-state index in [-0.39, 0.29) is 11.9 Å². The van der Waals surface area contributed by atoms with Crippen LogP contribution in [0.1, 0.15) is 77.6 Å². The van der Waals surface area contributed by atoms with Crippen molar-refractivity contribution in [3.63, 3.8) is 0 Å². The largest absolute Gasteiger partial charge is 0.480 e. The maximum atomic E-state index is 11.8. The highest BCUT2D eigenvalue weighted by atomic mass is 16.4. The zero-order chi connectivity index (χ0) is 16.2. The molecule has 128 valence electrons. The Morgan fingerprint density at radius 3 is 2.18 bits per heavy atom. The van der Waals surface area contributed by atoms with Crippen molar-refractivity contribution < 1.29 is 14.7 Å². The van der Waals surface area contributed by atoms with Crippen molar-refractivity contribution in [3.05, 3.63) is 0 Å². The summed E-state index contributed by atoms with van der Waals surface area (Å²) in [6.07, 6.45) is 12.2. The van der Waals surface area contributed by atoms with E-state index in [1.807, 2.05) is 0 Å². The van der Waals surface area contributed by atoms with Gasteiger partial charge in [-0.3, -0.25) is 9.59 Å². The van der Waals surface area contributed by atoms with Crippen LogP contribution < -0.4 is 10.6 Å². The highest BCUT2D eigenvalue weighted by Gasteiger charge is 2.29. The minimum atomic E-state index is -0.837. The van der Waals surface area contributed by atoms with Crippen molar-refractivity contribution >= 4 is 11.9 Å². The summed E-state index contributed by atoms with van der Waals surface area (Å²) in [5.41, 5.74) is 0. The van der Waals surface area contributed by atoms with E-state index < -0.39 is 12.0 Å². The fraction of sp³-hybridized carbons (Fsp3) is 0.882. The van der Waals surface area contributed by atoms with Crippen LogP contribution in [0.15, 0.2) is 0 Å². The van der Waals surface area contributed by atoms with Crippen LogP contribution >= 0.6 is 0 Å². The van der Waals surface area contributed by atoms with Gasteiger partial charge in [0.1, 0.15) is 6.04 Å². The number of carbonyl (C=O) groups excluding carboxylic acids is 1. The van der Waals surface area contributed by atoms with Crippen LogP contribution in [0.3, 0.4) is 0 Å². The molecule has 22 heavy (non-hydrogen) atoms. The number of aliphatic carboxylic acids is 1. The molecule has 0 spiro atoms. The zero-order valence-corrected chi connectivity index (χ0v) is 13.9. The average molecular weight is 312 g/mol. The van der Waals surface area contributed by atoms with E-state index in [0.717, 1.165) is 12.8 Å². The van der Waals surface area contributed by atoms with Gasteiger partial charge in [0.25, 0.3) is 0 Å². The van der Waals surface area contributed by atoms with Gasteiger partial charge in [0.2, 0.25) is 5.91 Å². The maximum Gasteiger partial charge on any atom is 0.320 e. The lowest BCUT2D eigenvalue weighted by Crippen LogP contribution is -2.35. The van der Waals surface area contributed by atoms with Gasteiger partial charge in [-0.1, -0.05) is 58.3 Å². The van der Waals surface area contributed by atoms with Crippen LogP contribution in [0.2, 0.25) is 0 Å². The monoisotopic (exact) mass is 312 g/mol. The minimum Gasteiger partial charge on any atom is -0.480 e. The van der Waals surface area contributed by atoms with Gasteiger partial charge in [0.05, 0.1) is 0 Å². The van der Waals surface area contributed by atoms with Crippen molar-refractivity contribution in [1.82, 2.24) is 10.6 Å². The van der Waals surface area contributed by atoms with Gasteiger partial charge in [-0.25, -0.2) is 0 Å². The highest BCUT2D eigenvalue weighted by molar-refractivity contribution is 5.77. The Balaban J connectivity index is 1.93. The lowest BCUT2D eigenvalue weighted by atomic mass is 10.1. The number of carbonyl (C=O) groups is 2. The first-order chi connectivity index (χ1) is 10.6. The summed E-state index contributed by atoms with van der Waals surface area (Å²) < 4.78 is 0. The summed E-state index contributed by atoms with van der Waals surface area (Å²) in [5.74, 6) is -0.781. The Labute approximate surface area is 134 Å². The quantitative estimate of drug-likeness (QED) is 0.484. The lowest BCUT2D eigenvalue weighted by Gasteiger charge is -2.11. The smallest absolute Gasteiger partial charge is 0.320 e. The Morgan fingerprint density at radius 2 is 1.64 bits per heavy atom. The molecule has 0 aliphatic carbocycles. The first-order valence-electron chi connectivity index (χ1n) is 8.89. The maximum absolute atomic E-state index is 11.8. The summed E-state index contributed by atoms with van der Waals surface area (Å²) >= 11 is 0. The molecule has 2 atom stereocenters. The van der Waals surface area contributed by atoms with Crippen molar-refractivity contribution in [2.24, 2.45) is 0 Å².